The van der Waals surface area contributed by atoms with E-state index in [4.69, 9.17) is 4.74 Å². The van der Waals surface area contributed by atoms with E-state index in [0.29, 0.717) is 19.4 Å². The fraction of sp³-hybridized carbons (Fsp3) is 0.700. The number of hydrogen-bond donors (Lipinski definition) is 0. The molecule has 0 aliphatic rings. The Hall–Kier alpha value is -1.38. The Balaban J connectivity index is 3.44. The summed E-state index contributed by atoms with van der Waals surface area (Å²) in [6, 6.07) is 0. The van der Waals surface area contributed by atoms with Crippen molar-refractivity contribution in [3.05, 3.63) is 24.3 Å². The normalized spacial score (nSPS) is 11.4. The zero-order chi connectivity index (χ0) is 17.2. The predicted molar refractivity (Wildman–Crippen MR) is 96.4 cm³/mol. The summed E-state index contributed by atoms with van der Waals surface area (Å²) in [6.45, 7) is 4.48. The highest BCUT2D eigenvalue weighted by Gasteiger charge is 2.01. The molecule has 0 bridgehead atoms. The van der Waals surface area contributed by atoms with Crippen LogP contribution in [0.2, 0.25) is 0 Å². The molecule has 0 atom stereocenters. The van der Waals surface area contributed by atoms with Crippen LogP contribution >= 0.6 is 0 Å². The summed E-state index contributed by atoms with van der Waals surface area (Å²) in [7, 11) is 0. The van der Waals surface area contributed by atoms with Gasteiger partial charge in [0.15, 0.2) is 5.78 Å². The quantitative estimate of drug-likeness (QED) is 0.172. The van der Waals surface area contributed by atoms with Crippen molar-refractivity contribution in [2.24, 2.45) is 0 Å². The molecular weight excluding hydrogens is 288 g/mol. The van der Waals surface area contributed by atoms with Crippen molar-refractivity contribution < 1.29 is 14.3 Å². The van der Waals surface area contributed by atoms with E-state index in [0.717, 1.165) is 38.5 Å². The van der Waals surface area contributed by atoms with Crippen LogP contribution in [0.25, 0.3) is 0 Å². The Morgan fingerprint density at radius 3 is 2.22 bits per heavy atom. The standard InChI is InChI=1S/C20H34O3/c1-3-5-6-7-8-10-13-16-19(21)17-14-11-9-12-15-18-20(22)23-4-2/h8,10,13,16H,3-7,9,11-12,14-15,17-18H2,1-2H3/b10-8+,16-13+. The van der Waals surface area contributed by atoms with Crippen molar-refractivity contribution in [1.29, 1.82) is 0 Å². The summed E-state index contributed by atoms with van der Waals surface area (Å²) in [5.74, 6) is 0.102. The van der Waals surface area contributed by atoms with E-state index in [1.54, 1.807) is 6.08 Å². The Kier molecular flexibility index (Phi) is 16.0. The molecule has 0 unspecified atom stereocenters. The fourth-order valence-electron chi connectivity index (χ4n) is 2.27. The van der Waals surface area contributed by atoms with Gasteiger partial charge in [-0.1, -0.05) is 57.3 Å². The van der Waals surface area contributed by atoms with E-state index in [9.17, 15) is 9.59 Å². The second-order valence-corrected chi connectivity index (χ2v) is 5.82. The molecule has 0 radical (unpaired) electrons. The zero-order valence-corrected chi connectivity index (χ0v) is 15.0. The first-order valence-electron chi connectivity index (χ1n) is 9.22. The molecule has 3 nitrogen and oxygen atoms in total. The molecule has 0 aliphatic heterocycles. The van der Waals surface area contributed by atoms with Crippen molar-refractivity contribution in [2.75, 3.05) is 6.61 Å². The van der Waals surface area contributed by atoms with Gasteiger partial charge in [-0.25, -0.2) is 0 Å². The number of allylic oxidation sites excluding steroid dienone is 4. The lowest BCUT2D eigenvalue weighted by Gasteiger charge is -2.01. The number of rotatable bonds is 15. The molecule has 0 saturated heterocycles. The van der Waals surface area contributed by atoms with Crippen LogP contribution in [0.3, 0.4) is 0 Å². The highest BCUT2D eigenvalue weighted by molar-refractivity contribution is 5.89. The summed E-state index contributed by atoms with van der Waals surface area (Å²) in [5.41, 5.74) is 0. The molecular formula is C20H34O3. The number of unbranched alkanes of at least 4 members (excludes halogenated alkanes) is 7. The van der Waals surface area contributed by atoms with E-state index in [-0.39, 0.29) is 11.8 Å². The maximum atomic E-state index is 11.6. The van der Waals surface area contributed by atoms with Crippen molar-refractivity contribution >= 4 is 11.8 Å². The van der Waals surface area contributed by atoms with Crippen LogP contribution in [0.1, 0.15) is 84.5 Å². The summed E-state index contributed by atoms with van der Waals surface area (Å²) >= 11 is 0. The second-order valence-electron chi connectivity index (χ2n) is 5.82. The minimum Gasteiger partial charge on any atom is -0.466 e. The highest BCUT2D eigenvalue weighted by Crippen LogP contribution is 2.08. The van der Waals surface area contributed by atoms with E-state index < -0.39 is 0 Å². The topological polar surface area (TPSA) is 43.4 Å². The highest BCUT2D eigenvalue weighted by atomic mass is 16.5. The molecule has 0 fully saturated rings. The largest absolute Gasteiger partial charge is 0.466 e. The minimum absolute atomic E-state index is 0.101. The van der Waals surface area contributed by atoms with Gasteiger partial charge in [-0.2, -0.15) is 0 Å². The third kappa shape index (κ3) is 16.8. The molecule has 23 heavy (non-hydrogen) atoms. The minimum atomic E-state index is -0.101. The Morgan fingerprint density at radius 1 is 0.826 bits per heavy atom. The van der Waals surface area contributed by atoms with E-state index in [1.165, 1.54) is 19.3 Å². The molecule has 0 aromatic rings. The Labute approximate surface area is 142 Å². The number of esters is 1. The average Bonchev–Trinajstić information content (AvgIpc) is 2.53. The van der Waals surface area contributed by atoms with Crippen LogP contribution in [0.15, 0.2) is 24.3 Å². The van der Waals surface area contributed by atoms with Gasteiger partial charge in [-0.15, -0.1) is 0 Å². The van der Waals surface area contributed by atoms with Crippen molar-refractivity contribution in [1.82, 2.24) is 0 Å². The first kappa shape index (κ1) is 21.6. The summed E-state index contributed by atoms with van der Waals surface area (Å²) in [6.07, 6.45) is 18.6. The van der Waals surface area contributed by atoms with Crippen LogP contribution in [0.5, 0.6) is 0 Å². The number of ketones is 1. The van der Waals surface area contributed by atoms with Gasteiger partial charge in [-0.05, 0) is 38.7 Å². The molecule has 0 amide bonds. The van der Waals surface area contributed by atoms with E-state index >= 15 is 0 Å². The molecule has 3 heteroatoms. The summed E-state index contributed by atoms with van der Waals surface area (Å²) < 4.78 is 4.88. The third-order valence-corrected chi connectivity index (χ3v) is 3.61. The maximum Gasteiger partial charge on any atom is 0.305 e. The van der Waals surface area contributed by atoms with Gasteiger partial charge in [0.05, 0.1) is 6.61 Å². The van der Waals surface area contributed by atoms with Gasteiger partial charge in [0.1, 0.15) is 0 Å². The first-order valence-corrected chi connectivity index (χ1v) is 9.22. The molecule has 0 heterocycles. The smallest absolute Gasteiger partial charge is 0.305 e. The number of hydrogen-bond acceptors (Lipinski definition) is 3. The zero-order valence-electron chi connectivity index (χ0n) is 15.0. The van der Waals surface area contributed by atoms with Crippen molar-refractivity contribution in [2.45, 2.75) is 84.5 Å². The fourth-order valence-corrected chi connectivity index (χ4v) is 2.27. The molecule has 0 saturated carbocycles. The van der Waals surface area contributed by atoms with Gasteiger partial charge in [0, 0.05) is 12.8 Å². The van der Waals surface area contributed by atoms with Crippen molar-refractivity contribution in [3.8, 4) is 0 Å². The van der Waals surface area contributed by atoms with Crippen molar-refractivity contribution in [3.63, 3.8) is 0 Å². The lowest BCUT2D eigenvalue weighted by Crippen LogP contribution is -2.03. The Bertz CT molecular complexity index is 356. The Morgan fingerprint density at radius 2 is 1.52 bits per heavy atom. The van der Waals surface area contributed by atoms with Crippen LogP contribution in [-0.2, 0) is 14.3 Å². The molecule has 0 aromatic carbocycles. The van der Waals surface area contributed by atoms with Gasteiger partial charge < -0.3 is 4.74 Å². The molecule has 0 N–H and O–H groups in total. The number of ether oxygens (including phenoxy) is 1. The molecule has 0 aromatic heterocycles. The number of carbonyl (C=O) groups excluding carboxylic acids is 2. The lowest BCUT2D eigenvalue weighted by molar-refractivity contribution is -0.143. The maximum absolute atomic E-state index is 11.6. The molecule has 132 valence electrons. The SMILES string of the molecule is CCCCC/C=C/C=C/C(=O)CCCCCCCC(=O)OCC. The van der Waals surface area contributed by atoms with Crippen LogP contribution in [0.4, 0.5) is 0 Å². The number of carbonyl (C=O) groups is 2. The third-order valence-electron chi connectivity index (χ3n) is 3.61. The van der Waals surface area contributed by atoms with Crippen LogP contribution < -0.4 is 0 Å². The van der Waals surface area contributed by atoms with E-state index in [2.05, 4.69) is 13.0 Å². The van der Waals surface area contributed by atoms with Gasteiger partial charge >= 0.3 is 5.97 Å². The predicted octanol–water partition coefficient (Wildman–Crippen LogP) is 5.54. The van der Waals surface area contributed by atoms with Gasteiger partial charge in [0.25, 0.3) is 0 Å². The lowest BCUT2D eigenvalue weighted by atomic mass is 10.1. The van der Waals surface area contributed by atoms with Gasteiger partial charge in [0.2, 0.25) is 0 Å². The summed E-state index contributed by atoms with van der Waals surface area (Å²) in [5, 5.41) is 0. The van der Waals surface area contributed by atoms with E-state index in [1.807, 2.05) is 19.1 Å². The average molecular weight is 322 g/mol. The monoisotopic (exact) mass is 322 g/mol. The van der Waals surface area contributed by atoms with Gasteiger partial charge in [-0.3, -0.25) is 9.59 Å². The molecule has 0 spiro atoms. The molecule has 0 aliphatic carbocycles. The second kappa shape index (κ2) is 17.0. The summed E-state index contributed by atoms with van der Waals surface area (Å²) in [4.78, 5) is 22.8. The molecule has 0 rings (SSSR count). The van der Waals surface area contributed by atoms with Crippen LogP contribution in [0, 0.1) is 0 Å². The first-order chi connectivity index (χ1) is 11.2. The van der Waals surface area contributed by atoms with Crippen LogP contribution in [-0.4, -0.2) is 18.4 Å².